The zero-order valence-electron chi connectivity index (χ0n) is 21.6. The summed E-state index contributed by atoms with van der Waals surface area (Å²) in [6.07, 6.45) is 2.14. The predicted molar refractivity (Wildman–Crippen MR) is 150 cm³/mol. The molecule has 0 unspecified atom stereocenters. The Morgan fingerprint density at radius 2 is 1.59 bits per heavy atom. The van der Waals surface area contributed by atoms with Crippen LogP contribution in [-0.4, -0.2) is 35.9 Å². The molecule has 0 radical (unpaired) electrons. The summed E-state index contributed by atoms with van der Waals surface area (Å²) < 4.78 is 5.90. The van der Waals surface area contributed by atoms with Crippen LogP contribution in [0.2, 0.25) is 10.0 Å². The van der Waals surface area contributed by atoms with Gasteiger partial charge in [0.25, 0.3) is 5.91 Å². The van der Waals surface area contributed by atoms with Crippen molar-refractivity contribution >= 4 is 35.0 Å². The third kappa shape index (κ3) is 8.51. The molecule has 3 aromatic rings. The molecule has 7 heteroatoms. The van der Waals surface area contributed by atoms with Crippen LogP contribution in [0.5, 0.6) is 5.75 Å². The fourth-order valence-corrected chi connectivity index (χ4v) is 4.68. The van der Waals surface area contributed by atoms with Gasteiger partial charge in [-0.2, -0.15) is 0 Å². The van der Waals surface area contributed by atoms with Crippen molar-refractivity contribution in [2.24, 2.45) is 0 Å². The highest BCUT2D eigenvalue weighted by Crippen LogP contribution is 2.27. The van der Waals surface area contributed by atoms with Crippen molar-refractivity contribution in [2.75, 3.05) is 13.2 Å². The average Bonchev–Trinajstić information content (AvgIpc) is 2.86. The molecule has 0 fully saturated rings. The van der Waals surface area contributed by atoms with Crippen molar-refractivity contribution in [3.63, 3.8) is 0 Å². The Morgan fingerprint density at radius 3 is 2.22 bits per heavy atom. The molecule has 0 aromatic heterocycles. The topological polar surface area (TPSA) is 58.6 Å². The summed E-state index contributed by atoms with van der Waals surface area (Å²) in [6, 6.07) is 19.9. The van der Waals surface area contributed by atoms with Crippen LogP contribution in [0.4, 0.5) is 0 Å². The van der Waals surface area contributed by atoms with Crippen molar-refractivity contribution < 1.29 is 14.3 Å². The molecule has 3 aromatic carbocycles. The van der Waals surface area contributed by atoms with E-state index in [1.54, 1.807) is 18.2 Å². The number of ether oxygens (including phenoxy) is 1. The maximum absolute atomic E-state index is 13.7. The van der Waals surface area contributed by atoms with Gasteiger partial charge in [-0.25, -0.2) is 0 Å². The van der Waals surface area contributed by atoms with Gasteiger partial charge in [0.2, 0.25) is 5.91 Å². The van der Waals surface area contributed by atoms with Gasteiger partial charge in [-0.05, 0) is 61.2 Å². The van der Waals surface area contributed by atoms with E-state index >= 15 is 0 Å². The van der Waals surface area contributed by atoms with Crippen LogP contribution in [0.3, 0.4) is 0 Å². The summed E-state index contributed by atoms with van der Waals surface area (Å²) in [5.74, 6) is 0.0514. The van der Waals surface area contributed by atoms with Gasteiger partial charge >= 0.3 is 0 Å². The normalized spacial score (nSPS) is 11.6. The van der Waals surface area contributed by atoms with Crippen molar-refractivity contribution in [1.82, 2.24) is 10.2 Å². The Morgan fingerprint density at radius 1 is 0.946 bits per heavy atom. The van der Waals surface area contributed by atoms with Gasteiger partial charge in [-0.3, -0.25) is 9.59 Å². The van der Waals surface area contributed by atoms with Crippen LogP contribution in [-0.2, 0) is 22.6 Å². The number of halogens is 2. The highest BCUT2D eigenvalue weighted by atomic mass is 35.5. The zero-order valence-corrected chi connectivity index (χ0v) is 23.1. The second-order valence-corrected chi connectivity index (χ2v) is 10.00. The number of benzene rings is 3. The summed E-state index contributed by atoms with van der Waals surface area (Å²) in [4.78, 5) is 28.7. The number of nitrogens with zero attached hydrogens (tertiary/aromatic N) is 1. The molecule has 0 aliphatic rings. The molecule has 37 heavy (non-hydrogen) atoms. The second-order valence-electron chi connectivity index (χ2n) is 9.18. The minimum atomic E-state index is -0.776. The molecular weight excluding hydrogens is 507 g/mol. The fourth-order valence-electron chi connectivity index (χ4n) is 4.16. The Balaban J connectivity index is 1.94. The summed E-state index contributed by atoms with van der Waals surface area (Å²) in [6.45, 7) is 6.40. The average molecular weight is 542 g/mol. The van der Waals surface area contributed by atoms with Crippen molar-refractivity contribution in [1.29, 1.82) is 0 Å². The number of aryl methyl sites for hydroxylation is 2. The lowest BCUT2D eigenvalue weighted by Crippen LogP contribution is -2.52. The molecule has 1 atom stereocenters. The van der Waals surface area contributed by atoms with E-state index in [0.717, 1.165) is 29.5 Å². The van der Waals surface area contributed by atoms with E-state index < -0.39 is 6.04 Å². The minimum absolute atomic E-state index is 0.0756. The molecule has 0 aliphatic heterocycles. The molecular formula is C30H34Cl2N2O3. The first kappa shape index (κ1) is 28.5. The van der Waals surface area contributed by atoms with E-state index in [1.165, 1.54) is 4.90 Å². The highest BCUT2D eigenvalue weighted by molar-refractivity contribution is 6.36. The van der Waals surface area contributed by atoms with Crippen LogP contribution in [0, 0.1) is 13.8 Å². The third-order valence-electron chi connectivity index (χ3n) is 6.05. The van der Waals surface area contributed by atoms with Gasteiger partial charge in [-0.1, -0.05) is 79.0 Å². The number of carbonyl (C=O) groups is 2. The summed E-state index contributed by atoms with van der Waals surface area (Å²) in [5, 5.41) is 3.87. The fraction of sp³-hybridized carbons (Fsp3) is 0.333. The number of amides is 2. The lowest BCUT2D eigenvalue weighted by atomic mass is 10.0. The smallest absolute Gasteiger partial charge is 0.261 e. The Kier molecular flexibility index (Phi) is 10.8. The monoisotopic (exact) mass is 540 g/mol. The van der Waals surface area contributed by atoms with Gasteiger partial charge in [0.05, 0.1) is 0 Å². The molecule has 1 N–H and O–H groups in total. The number of hydrogen-bond donors (Lipinski definition) is 1. The molecule has 0 bridgehead atoms. The molecule has 0 saturated heterocycles. The summed E-state index contributed by atoms with van der Waals surface area (Å²) in [7, 11) is 0. The molecule has 0 saturated carbocycles. The molecule has 5 nitrogen and oxygen atoms in total. The van der Waals surface area contributed by atoms with E-state index in [9.17, 15) is 9.59 Å². The zero-order chi connectivity index (χ0) is 26.8. The maximum atomic E-state index is 13.7. The minimum Gasteiger partial charge on any atom is -0.484 e. The van der Waals surface area contributed by atoms with Gasteiger partial charge in [-0.15, -0.1) is 0 Å². The first-order valence-electron chi connectivity index (χ1n) is 12.5. The van der Waals surface area contributed by atoms with Gasteiger partial charge < -0.3 is 15.0 Å². The molecule has 3 rings (SSSR count). The van der Waals surface area contributed by atoms with Crippen LogP contribution in [0.1, 0.15) is 42.0 Å². The number of carbonyl (C=O) groups excluding carboxylic acids is 2. The van der Waals surface area contributed by atoms with E-state index in [2.05, 4.69) is 12.2 Å². The first-order chi connectivity index (χ1) is 17.8. The Labute approximate surface area is 229 Å². The maximum Gasteiger partial charge on any atom is 0.261 e. The van der Waals surface area contributed by atoms with Crippen LogP contribution < -0.4 is 10.1 Å². The van der Waals surface area contributed by atoms with Gasteiger partial charge in [0.15, 0.2) is 6.61 Å². The summed E-state index contributed by atoms with van der Waals surface area (Å²) >= 11 is 13.0. The Hall–Kier alpha value is -3.02. The molecule has 0 heterocycles. The van der Waals surface area contributed by atoms with Crippen molar-refractivity contribution in [3.05, 3.63) is 99.0 Å². The number of unbranched alkanes of at least 4 members (excludes halogenated alkanes) is 1. The van der Waals surface area contributed by atoms with Crippen molar-refractivity contribution in [2.45, 2.75) is 52.6 Å². The first-order valence-corrected chi connectivity index (χ1v) is 13.3. The lowest BCUT2D eigenvalue weighted by molar-refractivity contribution is -0.142. The Bertz CT molecular complexity index is 1160. The summed E-state index contributed by atoms with van der Waals surface area (Å²) in [5.41, 5.74) is 3.61. The van der Waals surface area contributed by atoms with E-state index in [4.69, 9.17) is 27.9 Å². The number of nitrogens with one attached hydrogen (secondary N) is 1. The van der Waals surface area contributed by atoms with E-state index in [1.807, 2.05) is 62.4 Å². The van der Waals surface area contributed by atoms with Crippen LogP contribution in [0.15, 0.2) is 66.7 Å². The third-order valence-corrected chi connectivity index (χ3v) is 6.76. The standard InChI is InChI=1S/C30H34Cl2N2O3/c1-4-5-14-33-30(36)28(18-23-10-7-6-8-11-23)34(19-25-26(31)12-9-13-27(25)32)29(35)20-37-24-16-21(2)15-22(3)17-24/h6-13,15-17,28H,4-5,14,18-20H2,1-3H3,(H,33,36)/t28-/m1/s1. The largest absolute Gasteiger partial charge is 0.484 e. The van der Waals surface area contributed by atoms with Crippen molar-refractivity contribution in [3.8, 4) is 5.75 Å². The van der Waals surface area contributed by atoms with Crippen LogP contribution >= 0.6 is 23.2 Å². The molecule has 196 valence electrons. The molecule has 0 spiro atoms. The molecule has 0 aliphatic carbocycles. The van der Waals surface area contributed by atoms with Gasteiger partial charge in [0, 0.05) is 35.1 Å². The highest BCUT2D eigenvalue weighted by Gasteiger charge is 2.31. The quantitative estimate of drug-likeness (QED) is 0.265. The lowest BCUT2D eigenvalue weighted by Gasteiger charge is -2.32. The molecule has 2 amide bonds. The SMILES string of the molecule is CCCCNC(=O)[C@@H](Cc1ccccc1)N(Cc1c(Cl)cccc1Cl)C(=O)COc1cc(C)cc(C)c1. The van der Waals surface area contributed by atoms with Crippen LogP contribution in [0.25, 0.3) is 0 Å². The van der Waals surface area contributed by atoms with E-state index in [-0.39, 0.29) is 25.0 Å². The predicted octanol–water partition coefficient (Wildman–Crippen LogP) is 6.55. The number of rotatable bonds is 12. The van der Waals surface area contributed by atoms with E-state index in [0.29, 0.717) is 34.3 Å². The second kappa shape index (κ2) is 14.1. The number of hydrogen-bond acceptors (Lipinski definition) is 3. The van der Waals surface area contributed by atoms with Gasteiger partial charge in [0.1, 0.15) is 11.8 Å².